The van der Waals surface area contributed by atoms with E-state index in [1.54, 1.807) is 0 Å². The van der Waals surface area contributed by atoms with Gasteiger partial charge in [-0.1, -0.05) is 67.9 Å². The van der Waals surface area contributed by atoms with E-state index in [0.717, 1.165) is 43.0 Å². The molecule has 2 N–H and O–H groups in total. The Morgan fingerprint density at radius 2 is 1.87 bits per heavy atom. The first-order valence-corrected chi connectivity index (χ1v) is 12.6. The van der Waals surface area contributed by atoms with Gasteiger partial charge in [-0.05, 0) is 42.0 Å². The highest BCUT2D eigenvalue weighted by atomic mass is 32.2. The molecule has 2 unspecified atom stereocenters. The molecule has 1 aliphatic rings. The normalized spacial score (nSPS) is 20.0. The van der Waals surface area contributed by atoms with Crippen molar-refractivity contribution in [1.29, 1.82) is 0 Å². The summed E-state index contributed by atoms with van der Waals surface area (Å²) in [5.41, 5.74) is 3.25. The van der Waals surface area contributed by atoms with Gasteiger partial charge in [-0.15, -0.1) is 0 Å². The number of hydrogen-bond acceptors (Lipinski definition) is 3. The van der Waals surface area contributed by atoms with Gasteiger partial charge >= 0.3 is 0 Å². The van der Waals surface area contributed by atoms with Crippen LogP contribution in [0.15, 0.2) is 59.6 Å². The maximum Gasteiger partial charge on any atom is 0.215 e. The van der Waals surface area contributed by atoms with Crippen LogP contribution < -0.4 is 10.0 Å². The molecule has 3 rings (SSSR count). The van der Waals surface area contributed by atoms with Crippen LogP contribution in [0.25, 0.3) is 0 Å². The van der Waals surface area contributed by atoms with E-state index in [4.69, 9.17) is 0 Å². The van der Waals surface area contributed by atoms with Crippen molar-refractivity contribution < 1.29 is 8.42 Å². The molecule has 0 aromatic heterocycles. The van der Waals surface area contributed by atoms with E-state index in [0.29, 0.717) is 18.4 Å². The van der Waals surface area contributed by atoms with Crippen molar-refractivity contribution in [3.8, 4) is 0 Å². The summed E-state index contributed by atoms with van der Waals surface area (Å²) in [7, 11) is -0.0204. The summed E-state index contributed by atoms with van der Waals surface area (Å²) in [6.45, 7) is 4.83. The number of rotatable bonds is 7. The Hall–Kier alpha value is -2.38. The average molecular weight is 443 g/mol. The third kappa shape index (κ3) is 6.31. The molecule has 1 saturated heterocycles. The zero-order valence-electron chi connectivity index (χ0n) is 18.7. The Labute approximate surface area is 186 Å². The first-order valence-electron chi connectivity index (χ1n) is 10.9. The molecule has 0 radical (unpaired) electrons. The number of nitrogens with zero attached hydrogens (tertiary/aromatic N) is 2. The Morgan fingerprint density at radius 3 is 2.55 bits per heavy atom. The third-order valence-electron chi connectivity index (χ3n) is 6.11. The van der Waals surface area contributed by atoms with E-state index < -0.39 is 10.0 Å². The topological polar surface area (TPSA) is 73.8 Å². The van der Waals surface area contributed by atoms with Crippen molar-refractivity contribution in [1.82, 2.24) is 14.9 Å². The number of guanidine groups is 1. The highest BCUT2D eigenvalue weighted by Gasteiger charge is 2.30. The predicted molar refractivity (Wildman–Crippen MR) is 127 cm³/mol. The fraction of sp³-hybridized carbons (Fsp3) is 0.458. The lowest BCUT2D eigenvalue weighted by atomic mass is 9.79. The van der Waals surface area contributed by atoms with Crippen LogP contribution in [0.4, 0.5) is 0 Å². The number of nitrogens with one attached hydrogen (secondary N) is 2. The van der Waals surface area contributed by atoms with Crippen LogP contribution in [0, 0.1) is 5.92 Å². The minimum atomic E-state index is -3.28. The second-order valence-electron chi connectivity index (χ2n) is 8.10. The number of likely N-dealkylation sites (tertiary alicyclic amines) is 1. The van der Waals surface area contributed by atoms with Crippen LogP contribution in [-0.4, -0.2) is 46.5 Å². The maximum absolute atomic E-state index is 11.8. The van der Waals surface area contributed by atoms with Crippen molar-refractivity contribution >= 4 is 16.0 Å². The highest BCUT2D eigenvalue weighted by Crippen LogP contribution is 2.34. The van der Waals surface area contributed by atoms with Crippen molar-refractivity contribution in [2.24, 2.45) is 10.9 Å². The molecule has 0 bridgehead atoms. The average Bonchev–Trinajstić information content (AvgIpc) is 2.80. The van der Waals surface area contributed by atoms with Gasteiger partial charge in [0, 0.05) is 26.7 Å². The zero-order chi connectivity index (χ0) is 22.3. The van der Waals surface area contributed by atoms with Crippen LogP contribution >= 0.6 is 0 Å². The molecule has 2 aromatic carbocycles. The lowest BCUT2D eigenvalue weighted by molar-refractivity contribution is 0.215. The smallest absolute Gasteiger partial charge is 0.215 e. The molecule has 0 aliphatic carbocycles. The molecule has 168 valence electrons. The van der Waals surface area contributed by atoms with Gasteiger partial charge in [-0.25, -0.2) is 13.1 Å². The van der Waals surface area contributed by atoms with Gasteiger partial charge in [0.05, 0.1) is 5.75 Å². The fourth-order valence-electron chi connectivity index (χ4n) is 4.41. The van der Waals surface area contributed by atoms with Crippen LogP contribution in [0.2, 0.25) is 0 Å². The molecule has 1 aliphatic heterocycles. The molecule has 7 heteroatoms. The Morgan fingerprint density at radius 1 is 1.13 bits per heavy atom. The molecule has 1 fully saturated rings. The van der Waals surface area contributed by atoms with Crippen molar-refractivity contribution in [2.45, 2.75) is 38.0 Å². The lowest BCUT2D eigenvalue weighted by Gasteiger charge is -2.40. The second kappa shape index (κ2) is 10.8. The molecular formula is C24H34N4O2S. The SMILES string of the molecule is CCC1CN(C(=NC)NCc2cccc(CS(=O)(=O)NC)c2)CCC1c1ccccc1. The van der Waals surface area contributed by atoms with Gasteiger partial charge in [0.15, 0.2) is 5.96 Å². The standard InChI is InChI=1S/C24H34N4O2S/c1-4-21-17-28(14-13-23(21)22-11-6-5-7-12-22)24(25-2)27-16-19-9-8-10-20(15-19)18-31(29,30)26-3/h5-12,15,21,23,26H,4,13-14,16-18H2,1-3H3,(H,25,27). The number of piperidine rings is 1. The molecular weight excluding hydrogens is 408 g/mol. The number of aliphatic imine (C=N–C) groups is 1. The first-order chi connectivity index (χ1) is 15.0. The summed E-state index contributed by atoms with van der Waals surface area (Å²) >= 11 is 0. The summed E-state index contributed by atoms with van der Waals surface area (Å²) in [6, 6.07) is 18.5. The van der Waals surface area contributed by atoms with Gasteiger partial charge in [-0.3, -0.25) is 4.99 Å². The van der Waals surface area contributed by atoms with Crippen LogP contribution in [0.3, 0.4) is 0 Å². The van der Waals surface area contributed by atoms with Gasteiger partial charge in [0.1, 0.15) is 0 Å². The van der Waals surface area contributed by atoms with E-state index >= 15 is 0 Å². The molecule has 2 atom stereocenters. The van der Waals surface area contributed by atoms with E-state index in [1.807, 2.05) is 31.3 Å². The molecule has 31 heavy (non-hydrogen) atoms. The number of benzene rings is 2. The van der Waals surface area contributed by atoms with Crippen LogP contribution in [0.5, 0.6) is 0 Å². The molecule has 0 amide bonds. The molecule has 0 spiro atoms. The summed E-state index contributed by atoms with van der Waals surface area (Å²) in [5, 5.41) is 3.47. The van der Waals surface area contributed by atoms with Gasteiger partial charge in [0.2, 0.25) is 10.0 Å². The van der Waals surface area contributed by atoms with E-state index in [9.17, 15) is 8.42 Å². The lowest BCUT2D eigenvalue weighted by Crippen LogP contribution is -2.48. The van der Waals surface area contributed by atoms with Crippen molar-refractivity contribution in [3.63, 3.8) is 0 Å². The maximum atomic E-state index is 11.8. The van der Waals surface area contributed by atoms with E-state index in [-0.39, 0.29) is 5.75 Å². The Bertz CT molecular complexity index is 976. The molecule has 6 nitrogen and oxygen atoms in total. The summed E-state index contributed by atoms with van der Waals surface area (Å²) < 4.78 is 26.0. The van der Waals surface area contributed by atoms with Crippen LogP contribution in [0.1, 0.15) is 42.4 Å². The molecule has 1 heterocycles. The van der Waals surface area contributed by atoms with Crippen molar-refractivity contribution in [2.75, 3.05) is 27.2 Å². The monoisotopic (exact) mass is 442 g/mol. The predicted octanol–water partition coefficient (Wildman–Crippen LogP) is 3.33. The zero-order valence-corrected chi connectivity index (χ0v) is 19.5. The minimum absolute atomic E-state index is 0.0166. The second-order valence-corrected chi connectivity index (χ2v) is 10.0. The number of sulfonamides is 1. The van der Waals surface area contributed by atoms with E-state index in [1.165, 1.54) is 12.6 Å². The summed E-state index contributed by atoms with van der Waals surface area (Å²) in [5.74, 6) is 2.06. The number of hydrogen-bond donors (Lipinski definition) is 2. The third-order valence-corrected chi connectivity index (χ3v) is 7.44. The van der Waals surface area contributed by atoms with Gasteiger partial charge < -0.3 is 10.2 Å². The molecule has 0 saturated carbocycles. The summed E-state index contributed by atoms with van der Waals surface area (Å²) in [6.07, 6.45) is 2.25. The van der Waals surface area contributed by atoms with Gasteiger partial charge in [0.25, 0.3) is 0 Å². The first kappa shape index (κ1) is 23.3. The van der Waals surface area contributed by atoms with Crippen molar-refractivity contribution in [3.05, 3.63) is 71.3 Å². The fourth-order valence-corrected chi connectivity index (χ4v) is 5.17. The van der Waals surface area contributed by atoms with Crippen LogP contribution in [-0.2, 0) is 22.3 Å². The Kier molecular flexibility index (Phi) is 8.09. The minimum Gasteiger partial charge on any atom is -0.352 e. The Balaban J connectivity index is 1.62. The quantitative estimate of drug-likeness (QED) is 0.510. The molecule has 2 aromatic rings. The summed E-state index contributed by atoms with van der Waals surface area (Å²) in [4.78, 5) is 6.86. The van der Waals surface area contributed by atoms with Gasteiger partial charge in [-0.2, -0.15) is 0 Å². The highest BCUT2D eigenvalue weighted by molar-refractivity contribution is 7.88. The van der Waals surface area contributed by atoms with E-state index in [2.05, 4.69) is 57.2 Å². The largest absolute Gasteiger partial charge is 0.352 e.